The van der Waals surface area contributed by atoms with E-state index in [0.29, 0.717) is 0 Å². The van der Waals surface area contributed by atoms with E-state index in [9.17, 15) is 4.79 Å². The topological polar surface area (TPSA) is 26.3 Å². The number of hydrogen-bond donors (Lipinski definition) is 0. The van der Waals surface area contributed by atoms with Gasteiger partial charge in [0.15, 0.2) is 0 Å². The number of carbonyl (C=O) groups is 1. The van der Waals surface area contributed by atoms with Gasteiger partial charge in [-0.3, -0.25) is 0 Å². The van der Waals surface area contributed by atoms with Crippen molar-refractivity contribution >= 4 is 33.8 Å². The van der Waals surface area contributed by atoms with Crippen molar-refractivity contribution in [3.63, 3.8) is 0 Å². The van der Waals surface area contributed by atoms with Gasteiger partial charge in [-0.2, -0.15) is 0 Å². The number of rotatable bonds is 1. The van der Waals surface area contributed by atoms with Gasteiger partial charge < -0.3 is 4.29 Å². The van der Waals surface area contributed by atoms with E-state index in [-0.39, 0.29) is 0 Å². The van der Waals surface area contributed by atoms with Gasteiger partial charge >= 0.3 is 5.97 Å². The molecule has 0 radical (unpaired) electrons. The van der Waals surface area contributed by atoms with Gasteiger partial charge in [0.25, 0.3) is 0 Å². The van der Waals surface area contributed by atoms with E-state index in [1.807, 2.05) is 0 Å². The number of alkyl halides is 1. The second-order valence-electron chi connectivity index (χ2n) is 1.84. The molecule has 0 spiro atoms. The van der Waals surface area contributed by atoms with E-state index in [1.165, 1.54) is 0 Å². The standard InChI is InChI=1S/C4H6BrClO2/c1-4(2,5)3(7)8-6/h1-2H3. The zero-order valence-electron chi connectivity index (χ0n) is 4.57. The highest BCUT2D eigenvalue weighted by atomic mass is 79.9. The van der Waals surface area contributed by atoms with Gasteiger partial charge in [0.2, 0.25) is 0 Å². The molecule has 0 saturated carbocycles. The highest BCUT2D eigenvalue weighted by Gasteiger charge is 2.25. The third-order valence-corrected chi connectivity index (χ3v) is 1.02. The molecule has 0 aliphatic carbocycles. The molecular weight excluding hydrogens is 195 g/mol. The maximum absolute atomic E-state index is 10.4. The Morgan fingerprint density at radius 3 is 2.12 bits per heavy atom. The second kappa shape index (κ2) is 2.69. The Kier molecular flexibility index (Phi) is 2.77. The fourth-order valence-electron chi connectivity index (χ4n) is 0.0917. The second-order valence-corrected chi connectivity index (χ2v) is 3.97. The Morgan fingerprint density at radius 1 is 1.75 bits per heavy atom. The molecule has 0 bridgehead atoms. The van der Waals surface area contributed by atoms with Crippen LogP contribution in [0.25, 0.3) is 0 Å². The van der Waals surface area contributed by atoms with Crippen LogP contribution < -0.4 is 0 Å². The summed E-state index contributed by atoms with van der Waals surface area (Å²) >= 11 is 7.80. The average molecular weight is 201 g/mol. The molecule has 0 aliphatic rings. The third-order valence-electron chi connectivity index (χ3n) is 0.555. The van der Waals surface area contributed by atoms with Gasteiger partial charge in [0.1, 0.15) is 16.2 Å². The number of hydrogen-bond acceptors (Lipinski definition) is 2. The van der Waals surface area contributed by atoms with E-state index in [1.54, 1.807) is 13.8 Å². The zero-order chi connectivity index (χ0) is 6.78. The van der Waals surface area contributed by atoms with Gasteiger partial charge in [0.05, 0.1) is 0 Å². The van der Waals surface area contributed by atoms with Gasteiger partial charge in [-0.25, -0.2) is 4.79 Å². The zero-order valence-corrected chi connectivity index (χ0v) is 6.91. The summed E-state index contributed by atoms with van der Waals surface area (Å²) in [6.07, 6.45) is 0. The summed E-state index contributed by atoms with van der Waals surface area (Å²) in [5.41, 5.74) is 0. The molecule has 0 amide bonds. The van der Waals surface area contributed by atoms with E-state index >= 15 is 0 Å². The Morgan fingerprint density at radius 2 is 2.12 bits per heavy atom. The predicted molar refractivity (Wildman–Crippen MR) is 35.0 cm³/mol. The molecular formula is C4H6BrClO2. The van der Waals surface area contributed by atoms with Crippen molar-refractivity contribution in [3.8, 4) is 0 Å². The van der Waals surface area contributed by atoms with Crippen LogP contribution in [0.4, 0.5) is 0 Å². The van der Waals surface area contributed by atoms with Crippen molar-refractivity contribution in [2.24, 2.45) is 0 Å². The van der Waals surface area contributed by atoms with Crippen LogP contribution in [0.3, 0.4) is 0 Å². The monoisotopic (exact) mass is 200 g/mol. The summed E-state index contributed by atoms with van der Waals surface area (Å²) in [7, 11) is 0. The molecule has 0 saturated heterocycles. The maximum Gasteiger partial charge on any atom is 0.340 e. The molecule has 0 aromatic carbocycles. The highest BCUT2D eigenvalue weighted by molar-refractivity contribution is 9.10. The summed E-state index contributed by atoms with van der Waals surface area (Å²) < 4.78 is 3.23. The van der Waals surface area contributed by atoms with Gasteiger partial charge in [-0.05, 0) is 13.8 Å². The van der Waals surface area contributed by atoms with Gasteiger partial charge in [-0.15, -0.1) is 0 Å². The first-order chi connectivity index (χ1) is 3.48. The quantitative estimate of drug-likeness (QED) is 0.605. The Hall–Kier alpha value is 0.240. The molecule has 0 aromatic heterocycles. The summed E-state index contributed by atoms with van der Waals surface area (Å²) in [5, 5.41) is 0. The van der Waals surface area contributed by atoms with E-state index in [4.69, 9.17) is 11.9 Å². The largest absolute Gasteiger partial charge is 0.346 e. The minimum absolute atomic E-state index is 0.487. The smallest absolute Gasteiger partial charge is 0.340 e. The lowest BCUT2D eigenvalue weighted by Gasteiger charge is -2.08. The van der Waals surface area contributed by atoms with Crippen molar-refractivity contribution in [2.45, 2.75) is 18.2 Å². The van der Waals surface area contributed by atoms with Crippen molar-refractivity contribution in [1.82, 2.24) is 0 Å². The lowest BCUT2D eigenvalue weighted by molar-refractivity contribution is -0.135. The molecule has 8 heavy (non-hydrogen) atoms. The van der Waals surface area contributed by atoms with Crippen LogP contribution in [-0.4, -0.2) is 10.3 Å². The first kappa shape index (κ1) is 8.24. The number of carbonyl (C=O) groups excluding carboxylic acids is 1. The molecule has 4 heteroatoms. The third kappa shape index (κ3) is 2.52. The Bertz CT molecular complexity index is 96.7. The predicted octanol–water partition coefficient (Wildman–Crippen LogP) is 1.86. The maximum atomic E-state index is 10.4. The SMILES string of the molecule is CC(C)(Br)C(=O)OCl. The van der Waals surface area contributed by atoms with Crippen LogP contribution in [0.1, 0.15) is 13.8 Å². The fourth-order valence-corrected chi connectivity index (χ4v) is 0.459. The molecule has 0 aliphatic heterocycles. The average Bonchev–Trinajstić information content (AvgIpc) is 1.62. The van der Waals surface area contributed by atoms with Crippen molar-refractivity contribution in [3.05, 3.63) is 0 Å². The lowest BCUT2D eigenvalue weighted by Crippen LogP contribution is -2.23. The molecule has 0 unspecified atom stereocenters. The lowest BCUT2D eigenvalue weighted by atomic mass is 10.2. The minimum atomic E-state index is -0.672. The minimum Gasteiger partial charge on any atom is -0.346 e. The summed E-state index contributed by atoms with van der Waals surface area (Å²) in [4.78, 5) is 10.4. The van der Waals surface area contributed by atoms with Crippen LogP contribution >= 0.6 is 27.8 Å². The van der Waals surface area contributed by atoms with Crippen LogP contribution in [0.2, 0.25) is 0 Å². The first-order valence-corrected chi connectivity index (χ1v) is 3.10. The summed E-state index contributed by atoms with van der Waals surface area (Å²) in [6.45, 7) is 3.30. The van der Waals surface area contributed by atoms with E-state index in [0.717, 1.165) is 0 Å². The Labute approximate surface area is 61.5 Å². The van der Waals surface area contributed by atoms with E-state index < -0.39 is 10.3 Å². The van der Waals surface area contributed by atoms with Crippen molar-refractivity contribution in [2.75, 3.05) is 0 Å². The highest BCUT2D eigenvalue weighted by Crippen LogP contribution is 2.17. The normalized spacial score (nSPS) is 11.0. The molecule has 0 aromatic rings. The van der Waals surface area contributed by atoms with Crippen LogP contribution in [-0.2, 0) is 9.08 Å². The van der Waals surface area contributed by atoms with Crippen LogP contribution in [0.15, 0.2) is 0 Å². The van der Waals surface area contributed by atoms with Crippen molar-refractivity contribution < 1.29 is 9.08 Å². The molecule has 0 rings (SSSR count). The molecule has 0 atom stereocenters. The molecule has 0 fully saturated rings. The van der Waals surface area contributed by atoms with Gasteiger partial charge in [0, 0.05) is 0 Å². The van der Waals surface area contributed by atoms with E-state index in [2.05, 4.69) is 20.2 Å². The first-order valence-electron chi connectivity index (χ1n) is 2.00. The van der Waals surface area contributed by atoms with Crippen molar-refractivity contribution in [1.29, 1.82) is 0 Å². The summed E-state index contributed by atoms with van der Waals surface area (Å²) in [6, 6.07) is 0. The number of halogens is 2. The molecule has 48 valence electrons. The molecule has 0 heterocycles. The van der Waals surface area contributed by atoms with Crippen LogP contribution in [0.5, 0.6) is 0 Å². The van der Waals surface area contributed by atoms with Gasteiger partial charge in [-0.1, -0.05) is 15.9 Å². The fraction of sp³-hybridized carbons (Fsp3) is 0.750. The molecule has 2 nitrogen and oxygen atoms in total. The summed E-state index contributed by atoms with van der Waals surface area (Å²) in [5.74, 6) is -0.487. The molecule has 0 N–H and O–H groups in total. The van der Waals surface area contributed by atoms with Crippen LogP contribution in [0, 0.1) is 0 Å². The Balaban J connectivity index is 3.82.